The quantitative estimate of drug-likeness (QED) is 0.267. The Labute approximate surface area is 212 Å². The van der Waals surface area contributed by atoms with Gasteiger partial charge in [-0.05, 0) is 48.6 Å². The number of benzene rings is 2. The van der Waals surface area contributed by atoms with Crippen LogP contribution in [0, 0.1) is 0 Å². The van der Waals surface area contributed by atoms with Gasteiger partial charge in [-0.2, -0.15) is 0 Å². The second-order valence-electron chi connectivity index (χ2n) is 7.57. The molecule has 32 heavy (non-hydrogen) atoms. The lowest BCUT2D eigenvalue weighted by atomic mass is 10.1. The minimum absolute atomic E-state index is 0. The van der Waals surface area contributed by atoms with Crippen molar-refractivity contribution in [2.24, 2.45) is 4.99 Å². The van der Waals surface area contributed by atoms with E-state index in [1.165, 1.54) is 0 Å². The number of aliphatic imine (C=N–C) groups is 1. The summed E-state index contributed by atoms with van der Waals surface area (Å²) >= 11 is 6.33. The number of hydrogen-bond donors (Lipinski definition) is 2. The molecule has 0 unspecified atom stereocenters. The molecule has 1 aliphatic heterocycles. The highest BCUT2D eigenvalue weighted by Gasteiger charge is 2.19. The van der Waals surface area contributed by atoms with Crippen molar-refractivity contribution in [1.29, 1.82) is 0 Å². The van der Waals surface area contributed by atoms with Gasteiger partial charge in [0, 0.05) is 37.6 Å². The van der Waals surface area contributed by atoms with E-state index in [2.05, 4.69) is 28.8 Å². The first-order valence-electron chi connectivity index (χ1n) is 10.8. The zero-order valence-corrected chi connectivity index (χ0v) is 21.8. The fourth-order valence-electron chi connectivity index (χ4n) is 3.60. The highest BCUT2D eigenvalue weighted by molar-refractivity contribution is 14.0. The Morgan fingerprint density at radius 3 is 2.69 bits per heavy atom. The SMILES string of the molecule is CCNC(=NCc1cccc(CN2CCCC2=O)c1)NCCc1ccc(OC)cc1Cl.I. The molecular weight excluding hydrogens is 539 g/mol. The summed E-state index contributed by atoms with van der Waals surface area (Å²) in [5, 5.41) is 7.36. The van der Waals surface area contributed by atoms with Gasteiger partial charge in [0.15, 0.2) is 5.96 Å². The van der Waals surface area contributed by atoms with E-state index >= 15 is 0 Å². The summed E-state index contributed by atoms with van der Waals surface area (Å²) in [4.78, 5) is 18.5. The first-order valence-corrected chi connectivity index (χ1v) is 11.2. The zero-order chi connectivity index (χ0) is 22.1. The maximum absolute atomic E-state index is 11.9. The summed E-state index contributed by atoms with van der Waals surface area (Å²) < 4.78 is 5.20. The number of nitrogens with one attached hydrogen (secondary N) is 2. The standard InChI is InChI=1S/C24H31ClN4O2.HI/c1-3-26-24(27-12-11-20-9-10-21(31-2)15-22(20)25)28-16-18-6-4-7-19(14-18)17-29-13-5-8-23(29)30;/h4,6-7,9-10,14-15H,3,5,8,11-13,16-17H2,1-2H3,(H2,26,27,28);1H. The molecule has 6 nitrogen and oxygen atoms in total. The van der Waals surface area contributed by atoms with Crippen LogP contribution in [0.4, 0.5) is 0 Å². The number of halogens is 2. The summed E-state index contributed by atoms with van der Waals surface area (Å²) in [5.41, 5.74) is 3.34. The fraction of sp³-hybridized carbons (Fsp3) is 0.417. The number of likely N-dealkylation sites (tertiary alicyclic amines) is 1. The fourth-order valence-corrected chi connectivity index (χ4v) is 3.87. The molecule has 0 aliphatic carbocycles. The van der Waals surface area contributed by atoms with Crippen LogP contribution in [0.15, 0.2) is 47.5 Å². The molecule has 1 aliphatic rings. The average molecular weight is 571 g/mol. The minimum atomic E-state index is 0. The van der Waals surface area contributed by atoms with Crippen LogP contribution in [0.3, 0.4) is 0 Å². The number of carbonyl (C=O) groups excluding carboxylic acids is 1. The first kappa shape index (κ1) is 26.3. The largest absolute Gasteiger partial charge is 0.497 e. The summed E-state index contributed by atoms with van der Waals surface area (Å²) in [5.74, 6) is 1.78. The maximum atomic E-state index is 11.9. The number of ether oxygens (including phenoxy) is 1. The van der Waals surface area contributed by atoms with Crippen molar-refractivity contribution in [2.75, 3.05) is 26.7 Å². The molecule has 8 heteroatoms. The van der Waals surface area contributed by atoms with Gasteiger partial charge in [0.25, 0.3) is 0 Å². The molecular formula is C24H32ClIN4O2. The van der Waals surface area contributed by atoms with Crippen LogP contribution in [0.2, 0.25) is 5.02 Å². The van der Waals surface area contributed by atoms with Crippen molar-refractivity contribution in [3.63, 3.8) is 0 Å². The second kappa shape index (κ2) is 13.5. The van der Waals surface area contributed by atoms with Gasteiger partial charge in [0.1, 0.15) is 5.75 Å². The predicted octanol–water partition coefficient (Wildman–Crippen LogP) is 4.39. The molecule has 2 aromatic rings. The third kappa shape index (κ3) is 7.85. The molecule has 2 aromatic carbocycles. The van der Waals surface area contributed by atoms with Gasteiger partial charge in [-0.25, -0.2) is 4.99 Å². The molecule has 0 atom stereocenters. The van der Waals surface area contributed by atoms with E-state index in [1.54, 1.807) is 7.11 Å². The average Bonchev–Trinajstić information content (AvgIpc) is 3.17. The van der Waals surface area contributed by atoms with Crippen LogP contribution in [-0.4, -0.2) is 43.5 Å². The first-order chi connectivity index (χ1) is 15.1. The van der Waals surface area contributed by atoms with Gasteiger partial charge in [-0.3, -0.25) is 4.79 Å². The Balaban J connectivity index is 0.00000363. The van der Waals surface area contributed by atoms with Crippen LogP contribution >= 0.6 is 35.6 Å². The van der Waals surface area contributed by atoms with Crippen LogP contribution in [0.1, 0.15) is 36.5 Å². The number of guanidine groups is 1. The third-order valence-corrected chi connectivity index (χ3v) is 5.60. The number of carbonyl (C=O) groups is 1. The summed E-state index contributed by atoms with van der Waals surface area (Å²) in [6, 6.07) is 14.1. The number of amides is 1. The molecule has 2 N–H and O–H groups in total. The van der Waals surface area contributed by atoms with E-state index in [0.29, 0.717) is 24.5 Å². The van der Waals surface area contributed by atoms with Crippen molar-refractivity contribution in [1.82, 2.24) is 15.5 Å². The zero-order valence-electron chi connectivity index (χ0n) is 18.7. The molecule has 174 valence electrons. The predicted molar refractivity (Wildman–Crippen MR) is 141 cm³/mol. The van der Waals surface area contributed by atoms with E-state index in [-0.39, 0.29) is 29.9 Å². The van der Waals surface area contributed by atoms with Crippen molar-refractivity contribution in [3.05, 3.63) is 64.2 Å². The Kier molecular flexibility index (Phi) is 11.1. The Morgan fingerprint density at radius 1 is 1.19 bits per heavy atom. The van der Waals surface area contributed by atoms with E-state index in [9.17, 15) is 4.79 Å². The van der Waals surface area contributed by atoms with Crippen LogP contribution in [-0.2, 0) is 24.3 Å². The van der Waals surface area contributed by atoms with Crippen LogP contribution in [0.25, 0.3) is 0 Å². The smallest absolute Gasteiger partial charge is 0.222 e. The summed E-state index contributed by atoms with van der Waals surface area (Å²) in [7, 11) is 1.63. The third-order valence-electron chi connectivity index (χ3n) is 5.25. The normalized spacial score (nSPS) is 13.7. The van der Waals surface area contributed by atoms with Crippen molar-refractivity contribution >= 4 is 47.4 Å². The highest BCUT2D eigenvalue weighted by Crippen LogP contribution is 2.22. The topological polar surface area (TPSA) is 66.0 Å². The van der Waals surface area contributed by atoms with Gasteiger partial charge >= 0.3 is 0 Å². The van der Waals surface area contributed by atoms with Crippen molar-refractivity contribution in [3.8, 4) is 5.75 Å². The molecule has 0 saturated carbocycles. The van der Waals surface area contributed by atoms with Crippen molar-refractivity contribution in [2.45, 2.75) is 39.3 Å². The molecule has 0 spiro atoms. The lowest BCUT2D eigenvalue weighted by Crippen LogP contribution is -2.38. The second-order valence-corrected chi connectivity index (χ2v) is 7.98. The molecule has 0 bridgehead atoms. The lowest BCUT2D eigenvalue weighted by Gasteiger charge is -2.16. The summed E-state index contributed by atoms with van der Waals surface area (Å²) in [6.45, 7) is 5.65. The van der Waals surface area contributed by atoms with Gasteiger partial charge < -0.3 is 20.3 Å². The Morgan fingerprint density at radius 2 is 2.00 bits per heavy atom. The number of methoxy groups -OCH3 is 1. The van der Waals surface area contributed by atoms with Crippen molar-refractivity contribution < 1.29 is 9.53 Å². The van der Waals surface area contributed by atoms with Gasteiger partial charge in [0.05, 0.1) is 13.7 Å². The number of hydrogen-bond acceptors (Lipinski definition) is 3. The lowest BCUT2D eigenvalue weighted by molar-refractivity contribution is -0.128. The summed E-state index contributed by atoms with van der Waals surface area (Å²) in [6.07, 6.45) is 2.41. The number of nitrogens with zero attached hydrogens (tertiary/aromatic N) is 2. The van der Waals surface area contributed by atoms with Crippen LogP contribution in [0.5, 0.6) is 5.75 Å². The molecule has 1 heterocycles. The molecule has 3 rings (SSSR count). The van der Waals surface area contributed by atoms with Gasteiger partial charge in [0.2, 0.25) is 5.91 Å². The van der Waals surface area contributed by atoms with Gasteiger partial charge in [-0.1, -0.05) is 41.9 Å². The van der Waals surface area contributed by atoms with E-state index in [4.69, 9.17) is 21.3 Å². The Hall–Kier alpha value is -2.00. The molecule has 1 saturated heterocycles. The minimum Gasteiger partial charge on any atom is -0.497 e. The van der Waals surface area contributed by atoms with Gasteiger partial charge in [-0.15, -0.1) is 24.0 Å². The molecule has 1 amide bonds. The monoisotopic (exact) mass is 570 g/mol. The van der Waals surface area contributed by atoms with E-state index in [0.717, 1.165) is 60.9 Å². The molecule has 1 fully saturated rings. The van der Waals surface area contributed by atoms with Crippen LogP contribution < -0.4 is 15.4 Å². The Bertz CT molecular complexity index is 923. The molecule has 0 radical (unpaired) electrons. The molecule has 0 aromatic heterocycles. The van der Waals surface area contributed by atoms with E-state index in [1.807, 2.05) is 36.1 Å². The number of rotatable bonds is 9. The van der Waals surface area contributed by atoms with E-state index < -0.39 is 0 Å². The highest BCUT2D eigenvalue weighted by atomic mass is 127. The maximum Gasteiger partial charge on any atom is 0.222 e.